The fourth-order valence-corrected chi connectivity index (χ4v) is 4.61. The Bertz CT molecular complexity index is 1220. The van der Waals surface area contributed by atoms with Crippen LogP contribution in [0.4, 0.5) is 5.69 Å². The van der Waals surface area contributed by atoms with Crippen molar-refractivity contribution < 1.29 is 18.7 Å². The number of benzene rings is 2. The number of rotatable bonds is 8. The average molecular weight is 506 g/mol. The molecule has 0 aliphatic carbocycles. The van der Waals surface area contributed by atoms with E-state index in [4.69, 9.17) is 9.15 Å². The number of carbonyl (C=O) groups excluding carboxylic acids is 2. The minimum atomic E-state index is -0.731. The predicted octanol–water partition coefficient (Wildman–Crippen LogP) is 3.31. The van der Waals surface area contributed by atoms with E-state index in [2.05, 4.69) is 56.6 Å². The topological polar surface area (TPSA) is 99.9 Å². The zero-order valence-electron chi connectivity index (χ0n) is 21.9. The molecule has 1 aliphatic rings. The molecule has 0 radical (unpaired) electrons. The van der Waals surface area contributed by atoms with E-state index in [0.717, 1.165) is 32.7 Å². The summed E-state index contributed by atoms with van der Waals surface area (Å²) in [6.45, 7) is 11.4. The molecule has 37 heavy (non-hydrogen) atoms. The summed E-state index contributed by atoms with van der Waals surface area (Å²) in [5, 5.41) is 5.53. The quantitative estimate of drug-likeness (QED) is 0.453. The molecule has 2 N–H and O–H groups in total. The van der Waals surface area contributed by atoms with Crippen molar-refractivity contribution in [2.24, 2.45) is 0 Å². The summed E-state index contributed by atoms with van der Waals surface area (Å²) in [5.41, 5.74) is 3.25. The third kappa shape index (κ3) is 6.96. The Morgan fingerprint density at radius 2 is 1.78 bits per heavy atom. The normalized spacial score (nSPS) is 14.8. The van der Waals surface area contributed by atoms with Crippen LogP contribution in [-0.4, -0.2) is 72.0 Å². The molecule has 1 fully saturated rings. The van der Waals surface area contributed by atoms with Crippen molar-refractivity contribution >= 4 is 17.5 Å². The highest BCUT2D eigenvalue weighted by atomic mass is 16.5. The van der Waals surface area contributed by atoms with E-state index in [9.17, 15) is 9.59 Å². The molecule has 0 bridgehead atoms. The molecule has 0 unspecified atom stereocenters. The lowest BCUT2D eigenvalue weighted by atomic mass is 10.0. The van der Waals surface area contributed by atoms with Gasteiger partial charge in [0.05, 0.1) is 18.9 Å². The molecule has 1 aromatic heterocycles. The minimum absolute atomic E-state index is 0.447. The summed E-state index contributed by atoms with van der Waals surface area (Å²) in [6.07, 6.45) is 2.91. The maximum Gasteiger partial charge on any atom is 0.313 e. The average Bonchev–Trinajstić information content (AvgIpc) is 3.41. The highest BCUT2D eigenvalue weighted by molar-refractivity contribution is 6.39. The van der Waals surface area contributed by atoms with Crippen LogP contribution >= 0.6 is 0 Å². The molecule has 196 valence electrons. The lowest BCUT2D eigenvalue weighted by Crippen LogP contribution is -2.57. The van der Waals surface area contributed by atoms with Crippen LogP contribution in [0.15, 0.2) is 59.5 Å². The smallest absolute Gasteiger partial charge is 0.313 e. The maximum atomic E-state index is 12.7. The third-order valence-corrected chi connectivity index (χ3v) is 6.55. The van der Waals surface area contributed by atoms with E-state index < -0.39 is 17.4 Å². The maximum absolute atomic E-state index is 12.7. The first kappa shape index (κ1) is 26.4. The fourth-order valence-electron chi connectivity index (χ4n) is 4.61. The van der Waals surface area contributed by atoms with E-state index >= 15 is 0 Å². The highest BCUT2D eigenvalue weighted by Crippen LogP contribution is 2.32. The molecule has 2 amide bonds. The molecule has 9 nitrogen and oxygen atoms in total. The Hall–Kier alpha value is -3.69. The Morgan fingerprint density at radius 3 is 2.46 bits per heavy atom. The van der Waals surface area contributed by atoms with Crippen molar-refractivity contribution in [3.8, 4) is 17.1 Å². The van der Waals surface area contributed by atoms with Crippen molar-refractivity contribution in [3.05, 3.63) is 66.2 Å². The first-order chi connectivity index (χ1) is 17.7. The van der Waals surface area contributed by atoms with Crippen LogP contribution in [0.5, 0.6) is 5.75 Å². The van der Waals surface area contributed by atoms with Crippen LogP contribution in [0.2, 0.25) is 0 Å². The van der Waals surface area contributed by atoms with Gasteiger partial charge in [0, 0.05) is 56.6 Å². The van der Waals surface area contributed by atoms with E-state index in [-0.39, 0.29) is 0 Å². The van der Waals surface area contributed by atoms with Gasteiger partial charge in [0.15, 0.2) is 12.2 Å². The van der Waals surface area contributed by atoms with Gasteiger partial charge in [-0.1, -0.05) is 24.3 Å². The number of aryl methyl sites for hydroxylation is 1. The van der Waals surface area contributed by atoms with E-state index in [0.29, 0.717) is 29.3 Å². The molecule has 0 saturated carbocycles. The number of piperazine rings is 1. The number of amides is 2. The SMILES string of the molecule is COc1cc(NC(=O)C(=O)NC(C)(C)CN2CCN(Cc3ccccc3C)CC2)ccc1-c1cnco1. The molecule has 1 saturated heterocycles. The Morgan fingerprint density at radius 1 is 1.05 bits per heavy atom. The number of methoxy groups -OCH3 is 1. The minimum Gasteiger partial charge on any atom is -0.496 e. The van der Waals surface area contributed by atoms with Crippen LogP contribution < -0.4 is 15.4 Å². The molecular weight excluding hydrogens is 470 g/mol. The first-order valence-electron chi connectivity index (χ1n) is 12.4. The van der Waals surface area contributed by atoms with Crippen LogP contribution in [0, 0.1) is 6.92 Å². The molecule has 0 spiro atoms. The molecule has 2 heterocycles. The predicted molar refractivity (Wildman–Crippen MR) is 142 cm³/mol. The summed E-state index contributed by atoms with van der Waals surface area (Å²) in [7, 11) is 1.53. The number of ether oxygens (including phenoxy) is 1. The largest absolute Gasteiger partial charge is 0.496 e. The molecular formula is C28H35N5O4. The fraction of sp³-hybridized carbons (Fsp3) is 0.393. The standard InChI is InChI=1S/C28H35N5O4/c1-20-7-5-6-8-21(20)17-32-11-13-33(14-12-32)18-28(2,3)31-27(35)26(34)30-22-9-10-23(24(15-22)36-4)25-16-29-19-37-25/h5-10,15-16,19H,11-14,17-18H2,1-4H3,(H,30,34)(H,31,35). The lowest BCUT2D eigenvalue weighted by Gasteiger charge is -2.39. The third-order valence-electron chi connectivity index (χ3n) is 6.55. The number of carbonyl (C=O) groups is 2. The summed E-state index contributed by atoms with van der Waals surface area (Å²) >= 11 is 0. The summed E-state index contributed by atoms with van der Waals surface area (Å²) in [5.74, 6) is -0.367. The second-order valence-electron chi connectivity index (χ2n) is 10.1. The van der Waals surface area contributed by atoms with Crippen LogP contribution in [-0.2, 0) is 16.1 Å². The van der Waals surface area contributed by atoms with Crippen LogP contribution in [0.25, 0.3) is 11.3 Å². The zero-order chi connectivity index (χ0) is 26.4. The van der Waals surface area contributed by atoms with Crippen LogP contribution in [0.3, 0.4) is 0 Å². The number of hydrogen-bond donors (Lipinski definition) is 2. The van der Waals surface area contributed by atoms with Crippen molar-refractivity contribution in [2.75, 3.05) is 45.2 Å². The second-order valence-corrected chi connectivity index (χ2v) is 10.1. The molecule has 0 atom stereocenters. The van der Waals surface area contributed by atoms with E-state index in [1.807, 2.05) is 13.8 Å². The van der Waals surface area contributed by atoms with Gasteiger partial charge in [0.1, 0.15) is 5.75 Å². The zero-order valence-corrected chi connectivity index (χ0v) is 21.9. The van der Waals surface area contributed by atoms with Gasteiger partial charge in [0.2, 0.25) is 0 Å². The van der Waals surface area contributed by atoms with Gasteiger partial charge < -0.3 is 19.8 Å². The number of nitrogens with zero attached hydrogens (tertiary/aromatic N) is 3. The molecule has 1 aliphatic heterocycles. The summed E-state index contributed by atoms with van der Waals surface area (Å²) in [6, 6.07) is 13.6. The lowest BCUT2D eigenvalue weighted by molar-refractivity contribution is -0.137. The summed E-state index contributed by atoms with van der Waals surface area (Å²) in [4.78, 5) is 34.0. The number of hydrogen-bond acceptors (Lipinski definition) is 7. The van der Waals surface area contributed by atoms with Gasteiger partial charge in [-0.05, 0) is 44.0 Å². The molecule has 9 heteroatoms. The van der Waals surface area contributed by atoms with Crippen molar-refractivity contribution in [2.45, 2.75) is 32.9 Å². The Kier molecular flexibility index (Phi) is 8.25. The van der Waals surface area contributed by atoms with Gasteiger partial charge in [-0.15, -0.1) is 0 Å². The molecule has 4 rings (SSSR count). The van der Waals surface area contributed by atoms with Gasteiger partial charge in [0.25, 0.3) is 0 Å². The van der Waals surface area contributed by atoms with E-state index in [1.54, 1.807) is 24.4 Å². The first-order valence-corrected chi connectivity index (χ1v) is 12.4. The number of nitrogens with one attached hydrogen (secondary N) is 2. The number of anilines is 1. The second kappa shape index (κ2) is 11.6. The van der Waals surface area contributed by atoms with Crippen molar-refractivity contribution in [1.29, 1.82) is 0 Å². The monoisotopic (exact) mass is 505 g/mol. The Labute approximate surface area is 217 Å². The van der Waals surface area contributed by atoms with Crippen molar-refractivity contribution in [3.63, 3.8) is 0 Å². The van der Waals surface area contributed by atoms with E-state index in [1.165, 1.54) is 24.6 Å². The molecule has 2 aromatic carbocycles. The number of aromatic nitrogens is 1. The number of oxazole rings is 1. The Balaban J connectivity index is 1.27. The van der Waals surface area contributed by atoms with Gasteiger partial charge in [-0.25, -0.2) is 4.98 Å². The van der Waals surface area contributed by atoms with Gasteiger partial charge in [-0.2, -0.15) is 0 Å². The highest BCUT2D eigenvalue weighted by Gasteiger charge is 2.29. The van der Waals surface area contributed by atoms with Gasteiger partial charge >= 0.3 is 11.8 Å². The molecule has 3 aromatic rings. The van der Waals surface area contributed by atoms with Crippen LogP contribution in [0.1, 0.15) is 25.0 Å². The van der Waals surface area contributed by atoms with Gasteiger partial charge in [-0.3, -0.25) is 19.4 Å². The van der Waals surface area contributed by atoms with Crippen molar-refractivity contribution in [1.82, 2.24) is 20.1 Å². The summed E-state index contributed by atoms with van der Waals surface area (Å²) < 4.78 is 10.7.